The van der Waals surface area contributed by atoms with Crippen LogP contribution in [0, 0.1) is 11.8 Å². The molecule has 2 aliphatic rings. The summed E-state index contributed by atoms with van der Waals surface area (Å²) in [6.45, 7) is -0.890. The molecule has 0 spiro atoms. The molecule has 1 heterocycles. The maximum Gasteiger partial charge on any atom is 0.326 e. The first kappa shape index (κ1) is 19.8. The van der Waals surface area contributed by atoms with Gasteiger partial charge in [-0.25, -0.2) is 0 Å². The second-order valence-electron chi connectivity index (χ2n) is 7.45. The summed E-state index contributed by atoms with van der Waals surface area (Å²) in [6, 6.07) is 16.8. The summed E-state index contributed by atoms with van der Waals surface area (Å²) in [4.78, 5) is 50.2. The third-order valence-corrected chi connectivity index (χ3v) is 5.56. The Morgan fingerprint density at radius 1 is 0.833 bits per heavy atom. The van der Waals surface area contributed by atoms with E-state index in [2.05, 4.69) is 0 Å². The number of ether oxygens (including phenoxy) is 1. The number of likely N-dealkylation sites (tertiary alicyclic amines) is 1. The van der Waals surface area contributed by atoms with Crippen LogP contribution in [0.4, 0.5) is 0 Å². The molecule has 0 unspecified atom stereocenters. The van der Waals surface area contributed by atoms with E-state index < -0.39 is 19.1 Å². The van der Waals surface area contributed by atoms with Crippen molar-refractivity contribution < 1.29 is 23.9 Å². The number of hydrogen-bond acceptors (Lipinski definition) is 5. The van der Waals surface area contributed by atoms with Crippen molar-refractivity contribution in [3.05, 3.63) is 72.3 Å². The highest BCUT2D eigenvalue weighted by Gasteiger charge is 2.47. The summed E-state index contributed by atoms with van der Waals surface area (Å²) in [5, 5.41) is 0. The Labute approximate surface area is 174 Å². The van der Waals surface area contributed by atoms with Gasteiger partial charge in [-0.3, -0.25) is 24.1 Å². The maximum atomic E-state index is 12.4. The molecule has 2 aromatic rings. The van der Waals surface area contributed by atoms with Gasteiger partial charge in [0, 0.05) is 5.56 Å². The van der Waals surface area contributed by atoms with Crippen LogP contribution < -0.4 is 0 Å². The molecule has 1 fully saturated rings. The minimum Gasteiger partial charge on any atom is -0.456 e. The van der Waals surface area contributed by atoms with Gasteiger partial charge < -0.3 is 4.74 Å². The Morgan fingerprint density at radius 2 is 1.40 bits per heavy atom. The van der Waals surface area contributed by atoms with Gasteiger partial charge in [0.1, 0.15) is 6.54 Å². The number of hydrogen-bond donors (Lipinski definition) is 0. The van der Waals surface area contributed by atoms with Crippen LogP contribution in [0.3, 0.4) is 0 Å². The molecule has 30 heavy (non-hydrogen) atoms. The summed E-state index contributed by atoms with van der Waals surface area (Å²) in [5.74, 6) is -2.57. The largest absolute Gasteiger partial charge is 0.456 e. The molecule has 0 aromatic heterocycles. The fraction of sp³-hybridized carbons (Fsp3) is 0.250. The zero-order chi connectivity index (χ0) is 21.1. The smallest absolute Gasteiger partial charge is 0.326 e. The highest BCUT2D eigenvalue weighted by molar-refractivity contribution is 6.07. The fourth-order valence-electron chi connectivity index (χ4n) is 3.91. The topological polar surface area (TPSA) is 80.8 Å². The van der Waals surface area contributed by atoms with Crippen LogP contribution in [0.25, 0.3) is 11.1 Å². The second kappa shape index (κ2) is 8.45. The normalized spacial score (nSPS) is 20.2. The Morgan fingerprint density at radius 3 is 2.00 bits per heavy atom. The number of fused-ring (bicyclic) bond motifs is 1. The summed E-state index contributed by atoms with van der Waals surface area (Å²) < 4.78 is 5.03. The molecule has 1 aliphatic carbocycles. The average Bonchev–Trinajstić information content (AvgIpc) is 3.03. The van der Waals surface area contributed by atoms with Crippen molar-refractivity contribution >= 4 is 23.6 Å². The van der Waals surface area contributed by atoms with Gasteiger partial charge in [0.25, 0.3) is 0 Å². The average molecular weight is 403 g/mol. The number of rotatable bonds is 6. The highest BCUT2D eigenvalue weighted by Crippen LogP contribution is 2.34. The van der Waals surface area contributed by atoms with Gasteiger partial charge in [-0.05, 0) is 24.0 Å². The minimum atomic E-state index is -0.766. The number of esters is 1. The number of Topliss-reactive ketones (excluding diaryl/α,β-unsaturated/α-hetero) is 1. The first-order valence-corrected chi connectivity index (χ1v) is 9.89. The summed E-state index contributed by atoms with van der Waals surface area (Å²) in [5.41, 5.74) is 2.44. The molecule has 152 valence electrons. The van der Waals surface area contributed by atoms with Crippen molar-refractivity contribution in [2.24, 2.45) is 11.8 Å². The lowest BCUT2D eigenvalue weighted by Crippen LogP contribution is -2.37. The summed E-state index contributed by atoms with van der Waals surface area (Å²) >= 11 is 0. The Bertz CT molecular complexity index is 984. The second-order valence-corrected chi connectivity index (χ2v) is 7.45. The molecule has 6 nitrogen and oxygen atoms in total. The van der Waals surface area contributed by atoms with E-state index in [1.54, 1.807) is 12.1 Å². The third-order valence-electron chi connectivity index (χ3n) is 5.56. The van der Waals surface area contributed by atoms with E-state index in [1.165, 1.54) is 0 Å². The zero-order valence-corrected chi connectivity index (χ0v) is 16.3. The van der Waals surface area contributed by atoms with Crippen LogP contribution >= 0.6 is 0 Å². The van der Waals surface area contributed by atoms with Crippen LogP contribution in [0.1, 0.15) is 23.2 Å². The van der Waals surface area contributed by atoms with Crippen molar-refractivity contribution in [2.45, 2.75) is 12.8 Å². The predicted octanol–water partition coefficient (Wildman–Crippen LogP) is 3.03. The number of nitrogens with zero attached hydrogens (tertiary/aromatic N) is 1. The Balaban J connectivity index is 1.31. The summed E-state index contributed by atoms with van der Waals surface area (Å²) in [7, 11) is 0. The molecule has 0 bridgehead atoms. The van der Waals surface area contributed by atoms with Crippen molar-refractivity contribution in [1.82, 2.24) is 4.90 Å². The van der Waals surface area contributed by atoms with Gasteiger partial charge in [-0.2, -0.15) is 0 Å². The standard InChI is InChI=1S/C24H21NO5/c26-21(18-12-10-17(11-13-18)16-6-2-1-3-7-16)15-30-22(27)14-25-23(28)19-8-4-5-9-20(19)24(25)29/h1-7,10-13,19-20H,8-9,14-15H2/t19-,20+. The van der Waals surface area contributed by atoms with Gasteiger partial charge in [0.05, 0.1) is 11.8 Å². The number of ketones is 1. The Kier molecular flexibility index (Phi) is 5.57. The van der Waals surface area contributed by atoms with Gasteiger partial charge in [-0.1, -0.05) is 66.7 Å². The lowest BCUT2D eigenvalue weighted by Gasteiger charge is -2.14. The van der Waals surface area contributed by atoms with Crippen LogP contribution in [0.5, 0.6) is 0 Å². The maximum absolute atomic E-state index is 12.4. The molecular weight excluding hydrogens is 382 g/mol. The third kappa shape index (κ3) is 3.94. The monoisotopic (exact) mass is 403 g/mol. The number of carbonyl (C=O) groups is 4. The van der Waals surface area contributed by atoms with Crippen LogP contribution in [0.2, 0.25) is 0 Å². The molecule has 6 heteroatoms. The molecule has 2 atom stereocenters. The van der Waals surface area contributed by atoms with Crippen LogP contribution in [0.15, 0.2) is 66.7 Å². The van der Waals surface area contributed by atoms with E-state index in [0.717, 1.165) is 16.0 Å². The van der Waals surface area contributed by atoms with E-state index in [4.69, 9.17) is 4.74 Å². The van der Waals surface area contributed by atoms with Gasteiger partial charge >= 0.3 is 5.97 Å². The van der Waals surface area contributed by atoms with Crippen molar-refractivity contribution in [3.63, 3.8) is 0 Å². The quantitative estimate of drug-likeness (QED) is 0.321. The van der Waals surface area contributed by atoms with E-state index in [-0.39, 0.29) is 29.4 Å². The summed E-state index contributed by atoms with van der Waals surface area (Å²) in [6.07, 6.45) is 4.79. The number of imide groups is 1. The lowest BCUT2D eigenvalue weighted by atomic mass is 9.85. The van der Waals surface area contributed by atoms with Gasteiger partial charge in [0.15, 0.2) is 12.4 Å². The first-order chi connectivity index (χ1) is 14.5. The number of benzene rings is 2. The van der Waals surface area contributed by atoms with Crippen LogP contribution in [-0.4, -0.2) is 41.6 Å². The zero-order valence-electron chi connectivity index (χ0n) is 16.3. The van der Waals surface area contributed by atoms with Gasteiger partial charge in [0.2, 0.25) is 11.8 Å². The lowest BCUT2D eigenvalue weighted by molar-refractivity contribution is -0.152. The SMILES string of the molecule is O=C(CN1C(=O)[C@H]2CC=CC[C@H]2C1=O)OCC(=O)c1ccc(-c2ccccc2)cc1. The molecule has 0 saturated carbocycles. The van der Waals surface area contributed by atoms with Crippen molar-refractivity contribution in [3.8, 4) is 11.1 Å². The fourth-order valence-corrected chi connectivity index (χ4v) is 3.91. The van der Waals surface area contributed by atoms with Gasteiger partial charge in [-0.15, -0.1) is 0 Å². The van der Waals surface area contributed by atoms with E-state index in [0.29, 0.717) is 18.4 Å². The number of allylic oxidation sites excluding steroid dienone is 2. The van der Waals surface area contributed by atoms with Crippen molar-refractivity contribution in [1.29, 1.82) is 0 Å². The highest BCUT2D eigenvalue weighted by atomic mass is 16.5. The molecule has 4 rings (SSSR count). The molecule has 0 radical (unpaired) electrons. The van der Waals surface area contributed by atoms with Crippen LogP contribution in [-0.2, 0) is 19.1 Å². The molecule has 2 amide bonds. The first-order valence-electron chi connectivity index (χ1n) is 9.89. The Hall–Kier alpha value is -3.54. The molecule has 1 saturated heterocycles. The number of carbonyl (C=O) groups excluding carboxylic acids is 4. The molecule has 2 aromatic carbocycles. The minimum absolute atomic E-state index is 0.339. The predicted molar refractivity (Wildman–Crippen MR) is 109 cm³/mol. The number of amides is 2. The van der Waals surface area contributed by atoms with E-state index in [9.17, 15) is 19.2 Å². The van der Waals surface area contributed by atoms with Crippen molar-refractivity contribution in [2.75, 3.05) is 13.2 Å². The molecule has 1 aliphatic heterocycles. The molecular formula is C24H21NO5. The van der Waals surface area contributed by atoms with E-state index in [1.807, 2.05) is 54.6 Å². The van der Waals surface area contributed by atoms with E-state index >= 15 is 0 Å². The molecule has 0 N–H and O–H groups in total.